The average molecular weight is 615 g/mol. The number of ether oxygens (including phenoxy) is 1. The Morgan fingerprint density at radius 3 is 2.44 bits per heavy atom. The summed E-state index contributed by atoms with van der Waals surface area (Å²) in [5, 5.41) is 0.673. The molecular formula is C31H33Cl2N3O4S. The fourth-order valence-electron chi connectivity index (χ4n) is 5.39. The monoisotopic (exact) mass is 613 g/mol. The maximum atomic E-state index is 14.2. The molecule has 41 heavy (non-hydrogen) atoms. The van der Waals surface area contributed by atoms with E-state index in [1.54, 1.807) is 48.7 Å². The molecule has 2 fully saturated rings. The molecule has 1 saturated carbocycles. The smallest absolute Gasteiger partial charge is 0.252 e. The topological polar surface area (TPSA) is 79.8 Å². The second-order valence-electron chi connectivity index (χ2n) is 10.4. The van der Waals surface area contributed by atoms with Gasteiger partial charge in [-0.3, -0.25) is 9.10 Å². The van der Waals surface area contributed by atoms with Crippen LogP contribution in [0.4, 0.5) is 5.82 Å². The summed E-state index contributed by atoms with van der Waals surface area (Å²) in [7, 11) is -3.67. The molecule has 5 rings (SSSR count). The minimum atomic E-state index is -3.67. The predicted molar refractivity (Wildman–Crippen MR) is 163 cm³/mol. The predicted octanol–water partition coefficient (Wildman–Crippen LogP) is 6.75. The van der Waals surface area contributed by atoms with Gasteiger partial charge in [-0.2, -0.15) is 0 Å². The number of aromatic nitrogens is 1. The van der Waals surface area contributed by atoms with E-state index in [0.717, 1.165) is 11.1 Å². The van der Waals surface area contributed by atoms with Crippen molar-refractivity contribution in [3.8, 4) is 0 Å². The molecule has 0 radical (unpaired) electrons. The van der Waals surface area contributed by atoms with Crippen molar-refractivity contribution >= 4 is 45.0 Å². The van der Waals surface area contributed by atoms with Crippen LogP contribution in [-0.2, 0) is 19.6 Å². The third kappa shape index (κ3) is 6.31. The summed E-state index contributed by atoms with van der Waals surface area (Å²) < 4.78 is 35.3. The molecule has 1 aliphatic carbocycles. The van der Waals surface area contributed by atoms with Gasteiger partial charge < -0.3 is 9.64 Å². The molecule has 10 heteroatoms. The van der Waals surface area contributed by atoms with Crippen LogP contribution in [0.15, 0.2) is 85.6 Å². The Balaban J connectivity index is 1.63. The number of amides is 1. The van der Waals surface area contributed by atoms with E-state index in [-0.39, 0.29) is 12.5 Å². The van der Waals surface area contributed by atoms with Gasteiger partial charge in [-0.1, -0.05) is 66.5 Å². The Morgan fingerprint density at radius 1 is 1.07 bits per heavy atom. The summed E-state index contributed by atoms with van der Waals surface area (Å²) in [6.45, 7) is 5.87. The minimum absolute atomic E-state index is 0.0608. The van der Waals surface area contributed by atoms with Gasteiger partial charge in [0.1, 0.15) is 18.0 Å². The third-order valence-corrected chi connectivity index (χ3v) is 10.3. The molecule has 216 valence electrons. The molecule has 0 bridgehead atoms. The molecular weight excluding hydrogens is 581 g/mol. The molecule has 0 N–H and O–H groups in total. The highest BCUT2D eigenvalue weighted by Gasteiger charge is 2.48. The lowest BCUT2D eigenvalue weighted by Gasteiger charge is -2.48. The molecule has 1 aliphatic heterocycles. The number of hydrogen-bond acceptors (Lipinski definition) is 5. The number of nitrogens with zero attached hydrogens (tertiary/aromatic N) is 3. The van der Waals surface area contributed by atoms with E-state index in [0.29, 0.717) is 41.5 Å². The van der Waals surface area contributed by atoms with Crippen LogP contribution in [0.1, 0.15) is 55.9 Å². The van der Waals surface area contributed by atoms with E-state index in [2.05, 4.69) is 11.6 Å². The number of halogens is 2. The molecule has 2 aromatic carbocycles. The van der Waals surface area contributed by atoms with Crippen LogP contribution in [0.25, 0.3) is 0 Å². The van der Waals surface area contributed by atoms with E-state index in [1.807, 2.05) is 42.2 Å². The number of sulfonamides is 1. The highest BCUT2D eigenvalue weighted by Crippen LogP contribution is 2.45. The SMILES string of the molecule is C=CC[C@@H]1O[C@H](c2cccc(Cl)c2)[C@@H](c2ccc(Cl)cc2)N(C(CC)CN(c2ccccn2)S(=O)(=O)C2CC2)C1=O. The number of anilines is 1. The number of carbonyl (C=O) groups is 1. The first-order valence-corrected chi connectivity index (χ1v) is 16.0. The second kappa shape index (κ2) is 12.5. The van der Waals surface area contributed by atoms with Gasteiger partial charge in [-0.15, -0.1) is 6.58 Å². The quantitative estimate of drug-likeness (QED) is 0.223. The van der Waals surface area contributed by atoms with E-state index in [9.17, 15) is 13.2 Å². The summed E-state index contributed by atoms with van der Waals surface area (Å²) in [4.78, 5) is 20.4. The maximum absolute atomic E-state index is 14.2. The fourth-order valence-corrected chi connectivity index (χ4v) is 7.56. The van der Waals surface area contributed by atoms with E-state index in [4.69, 9.17) is 27.9 Å². The van der Waals surface area contributed by atoms with E-state index >= 15 is 0 Å². The fraction of sp³-hybridized carbons (Fsp3) is 0.355. The lowest BCUT2D eigenvalue weighted by molar-refractivity contribution is -0.178. The highest BCUT2D eigenvalue weighted by molar-refractivity contribution is 7.93. The minimum Gasteiger partial charge on any atom is -0.358 e. The molecule has 1 aromatic heterocycles. The summed E-state index contributed by atoms with van der Waals surface area (Å²) in [5.74, 6) is 0.121. The van der Waals surface area contributed by atoms with Crippen molar-refractivity contribution in [3.05, 3.63) is 107 Å². The number of hydrogen-bond donors (Lipinski definition) is 0. The molecule has 1 unspecified atom stereocenters. The van der Waals surface area contributed by atoms with Crippen LogP contribution < -0.4 is 4.31 Å². The zero-order chi connectivity index (χ0) is 29.1. The number of morpholine rings is 1. The Morgan fingerprint density at radius 2 is 1.83 bits per heavy atom. The lowest BCUT2D eigenvalue weighted by Crippen LogP contribution is -2.57. The number of pyridine rings is 1. The molecule has 0 spiro atoms. The first kappa shape index (κ1) is 29.6. The summed E-state index contributed by atoms with van der Waals surface area (Å²) >= 11 is 12.6. The average Bonchev–Trinajstić information content (AvgIpc) is 3.83. The number of rotatable bonds is 11. The first-order valence-electron chi connectivity index (χ1n) is 13.8. The zero-order valence-corrected chi connectivity index (χ0v) is 25.1. The van der Waals surface area contributed by atoms with Gasteiger partial charge in [0, 0.05) is 22.7 Å². The Kier molecular flexibility index (Phi) is 9.04. The van der Waals surface area contributed by atoms with Crippen LogP contribution in [0.3, 0.4) is 0 Å². The van der Waals surface area contributed by atoms with Crippen LogP contribution in [-0.4, -0.2) is 48.1 Å². The van der Waals surface area contributed by atoms with Crippen molar-refractivity contribution in [2.24, 2.45) is 0 Å². The van der Waals surface area contributed by atoms with Crippen LogP contribution in [0.2, 0.25) is 10.0 Å². The molecule has 2 aliphatic rings. The van der Waals surface area contributed by atoms with Crippen molar-refractivity contribution in [2.75, 3.05) is 10.8 Å². The van der Waals surface area contributed by atoms with Gasteiger partial charge in [0.15, 0.2) is 0 Å². The largest absolute Gasteiger partial charge is 0.358 e. The standard InChI is InChI=1S/C31H33Cl2N3O4S/c1-3-8-27-31(37)36(25(4-2)20-35(28-11-5-6-18-34-28)41(38,39)26-16-17-26)29(21-12-14-23(32)15-13-21)30(40-27)22-9-7-10-24(33)19-22/h3,5-7,9-15,18-19,25-27,29-30H,1,4,8,16-17,20H2,2H3/t25?,27-,29+,30+/m0/s1. The normalized spacial score (nSPS) is 21.9. The van der Waals surface area contributed by atoms with E-state index < -0.39 is 39.6 Å². The maximum Gasteiger partial charge on any atom is 0.252 e. The highest BCUT2D eigenvalue weighted by atomic mass is 35.5. The molecule has 1 saturated heterocycles. The Labute approximate surface area is 251 Å². The van der Waals surface area contributed by atoms with Gasteiger partial charge in [0.05, 0.1) is 23.9 Å². The van der Waals surface area contributed by atoms with E-state index in [1.165, 1.54) is 4.31 Å². The first-order chi connectivity index (χ1) is 19.7. The van der Waals surface area contributed by atoms with Gasteiger partial charge in [0.25, 0.3) is 5.91 Å². The third-order valence-electron chi connectivity index (χ3n) is 7.60. The van der Waals surface area contributed by atoms with Crippen molar-refractivity contribution in [3.63, 3.8) is 0 Å². The van der Waals surface area contributed by atoms with Crippen molar-refractivity contribution in [1.29, 1.82) is 0 Å². The Bertz CT molecular complexity index is 1480. The van der Waals surface area contributed by atoms with Gasteiger partial charge >= 0.3 is 0 Å². The Hall–Kier alpha value is -2.91. The van der Waals surface area contributed by atoms with Crippen molar-refractivity contribution < 1.29 is 17.9 Å². The molecule has 2 heterocycles. The molecule has 1 amide bonds. The van der Waals surface area contributed by atoms with Gasteiger partial charge in [0.2, 0.25) is 10.0 Å². The van der Waals surface area contributed by atoms with Crippen LogP contribution in [0, 0.1) is 0 Å². The second-order valence-corrected chi connectivity index (χ2v) is 13.4. The van der Waals surface area contributed by atoms with Crippen molar-refractivity contribution in [1.82, 2.24) is 9.88 Å². The summed E-state index contributed by atoms with van der Waals surface area (Å²) in [6, 6.07) is 18.9. The van der Waals surface area contributed by atoms with Crippen LogP contribution in [0.5, 0.6) is 0 Å². The lowest BCUT2D eigenvalue weighted by atomic mass is 9.89. The molecule has 7 nitrogen and oxygen atoms in total. The molecule has 4 atom stereocenters. The summed E-state index contributed by atoms with van der Waals surface area (Å²) in [6.07, 6.45) is 3.92. The van der Waals surface area contributed by atoms with Crippen molar-refractivity contribution in [2.45, 2.75) is 62.1 Å². The summed E-state index contributed by atoms with van der Waals surface area (Å²) in [5.41, 5.74) is 1.63. The van der Waals surface area contributed by atoms with Gasteiger partial charge in [-0.25, -0.2) is 13.4 Å². The molecule has 3 aromatic rings. The number of benzene rings is 2. The zero-order valence-electron chi connectivity index (χ0n) is 22.8. The number of carbonyl (C=O) groups excluding carboxylic acids is 1. The van der Waals surface area contributed by atoms with Crippen LogP contribution >= 0.6 is 23.2 Å². The van der Waals surface area contributed by atoms with Gasteiger partial charge in [-0.05, 0) is 66.8 Å².